The number of methoxy groups -OCH3 is 1. The van der Waals surface area contributed by atoms with Gasteiger partial charge in [0, 0.05) is 6.08 Å². The lowest BCUT2D eigenvalue weighted by atomic mass is 10.4. The van der Waals surface area contributed by atoms with Crippen LogP contribution in [-0.2, 0) is 9.53 Å². The molecule has 12 heavy (non-hydrogen) atoms. The van der Waals surface area contributed by atoms with E-state index >= 15 is 0 Å². The summed E-state index contributed by atoms with van der Waals surface area (Å²) in [7, 11) is 1.33. The Hall–Kier alpha value is -0.780. The molecule has 0 amide bonds. The van der Waals surface area contributed by atoms with Crippen molar-refractivity contribution in [3.8, 4) is 0 Å². The van der Waals surface area contributed by atoms with Crippen LogP contribution < -0.4 is 0 Å². The van der Waals surface area contributed by atoms with Crippen LogP contribution >= 0.6 is 22.6 Å². The molecule has 1 rings (SSSR count). The molecule has 0 unspecified atom stereocenters. The Morgan fingerprint density at radius 2 is 2.42 bits per heavy atom. The number of hydrogen-bond donors (Lipinski definition) is 0. The minimum Gasteiger partial charge on any atom is -0.466 e. The zero-order valence-corrected chi connectivity index (χ0v) is 8.57. The predicted molar refractivity (Wildman–Crippen MR) is 52.5 cm³/mol. The van der Waals surface area contributed by atoms with E-state index in [1.807, 2.05) is 6.07 Å². The van der Waals surface area contributed by atoms with Crippen LogP contribution in [0.4, 0.5) is 0 Å². The van der Waals surface area contributed by atoms with Gasteiger partial charge in [-0.25, -0.2) is 4.79 Å². The molecule has 64 valence electrons. The topological polar surface area (TPSA) is 39.4 Å². The summed E-state index contributed by atoms with van der Waals surface area (Å²) in [5.41, 5.74) is 0. The third kappa shape index (κ3) is 2.69. The summed E-state index contributed by atoms with van der Waals surface area (Å²) in [5.74, 6) is 0.256. The number of halogens is 1. The lowest BCUT2D eigenvalue weighted by Crippen LogP contribution is -1.92. The normalized spacial score (nSPS) is 10.5. The third-order valence-electron chi connectivity index (χ3n) is 1.18. The number of carbonyl (C=O) groups excluding carboxylic acids is 1. The molecule has 0 aliphatic rings. The summed E-state index contributed by atoms with van der Waals surface area (Å²) in [6.07, 6.45) is 2.88. The van der Waals surface area contributed by atoms with Gasteiger partial charge < -0.3 is 9.15 Å². The van der Waals surface area contributed by atoms with Crippen LogP contribution in [0, 0.1) is 3.77 Å². The van der Waals surface area contributed by atoms with Gasteiger partial charge in [0.25, 0.3) is 0 Å². The third-order valence-corrected chi connectivity index (χ3v) is 1.76. The van der Waals surface area contributed by atoms with Gasteiger partial charge in [-0.1, -0.05) is 0 Å². The van der Waals surface area contributed by atoms with Crippen molar-refractivity contribution >= 4 is 34.6 Å². The molecule has 1 aromatic heterocycles. The predicted octanol–water partition coefficient (Wildman–Crippen LogP) is 2.07. The number of ether oxygens (including phenoxy) is 1. The Bertz CT molecular complexity index is 301. The number of hydrogen-bond acceptors (Lipinski definition) is 3. The maximum atomic E-state index is 10.6. The molecule has 1 heterocycles. The Labute approximate surface area is 83.5 Å². The van der Waals surface area contributed by atoms with Crippen molar-refractivity contribution in [3.05, 3.63) is 27.7 Å². The van der Waals surface area contributed by atoms with Crippen molar-refractivity contribution in [3.63, 3.8) is 0 Å². The molecule has 0 fully saturated rings. The monoisotopic (exact) mass is 278 g/mol. The Morgan fingerprint density at radius 1 is 1.67 bits per heavy atom. The molecule has 0 atom stereocenters. The highest BCUT2D eigenvalue weighted by Gasteiger charge is 1.95. The molecule has 0 saturated carbocycles. The second kappa shape index (κ2) is 4.30. The first-order valence-electron chi connectivity index (χ1n) is 3.24. The van der Waals surface area contributed by atoms with Crippen molar-refractivity contribution in [1.82, 2.24) is 0 Å². The van der Waals surface area contributed by atoms with Crippen molar-refractivity contribution in [1.29, 1.82) is 0 Å². The Morgan fingerprint density at radius 3 is 2.92 bits per heavy atom. The van der Waals surface area contributed by atoms with Crippen LogP contribution in [0.25, 0.3) is 6.08 Å². The van der Waals surface area contributed by atoms with E-state index in [9.17, 15) is 4.79 Å². The summed E-state index contributed by atoms with van der Waals surface area (Å²) in [5, 5.41) is 0. The fourth-order valence-electron chi connectivity index (χ4n) is 0.636. The molecule has 0 spiro atoms. The molecule has 0 bridgehead atoms. The number of esters is 1. The fraction of sp³-hybridized carbons (Fsp3) is 0.125. The SMILES string of the molecule is COC(=O)/C=C/c1ccc(I)o1. The summed E-state index contributed by atoms with van der Waals surface area (Å²) in [6, 6.07) is 3.60. The molecule has 0 aliphatic heterocycles. The highest BCUT2D eigenvalue weighted by Crippen LogP contribution is 2.11. The molecule has 0 aliphatic carbocycles. The van der Waals surface area contributed by atoms with Gasteiger partial charge in [-0.3, -0.25) is 0 Å². The summed E-state index contributed by atoms with van der Waals surface area (Å²) < 4.78 is 10.4. The number of rotatable bonds is 2. The molecule has 4 heteroatoms. The minimum absolute atomic E-state index is 0.388. The van der Waals surface area contributed by atoms with E-state index in [-0.39, 0.29) is 5.97 Å². The van der Waals surface area contributed by atoms with Gasteiger partial charge in [0.15, 0.2) is 3.77 Å². The maximum absolute atomic E-state index is 10.6. The largest absolute Gasteiger partial charge is 0.466 e. The van der Waals surface area contributed by atoms with E-state index in [0.29, 0.717) is 5.76 Å². The van der Waals surface area contributed by atoms with Gasteiger partial charge in [-0.15, -0.1) is 0 Å². The second-order valence-electron chi connectivity index (χ2n) is 2.00. The highest BCUT2D eigenvalue weighted by molar-refractivity contribution is 14.1. The van der Waals surface area contributed by atoms with Gasteiger partial charge >= 0.3 is 5.97 Å². The smallest absolute Gasteiger partial charge is 0.330 e. The Kier molecular flexibility index (Phi) is 3.33. The molecular weight excluding hydrogens is 271 g/mol. The molecule has 0 N–H and O–H groups in total. The van der Waals surface area contributed by atoms with E-state index in [2.05, 4.69) is 27.3 Å². The van der Waals surface area contributed by atoms with Crippen LogP contribution in [0.3, 0.4) is 0 Å². The zero-order chi connectivity index (χ0) is 8.97. The van der Waals surface area contributed by atoms with Crippen molar-refractivity contribution in [2.45, 2.75) is 0 Å². The van der Waals surface area contributed by atoms with Crippen molar-refractivity contribution in [2.24, 2.45) is 0 Å². The van der Waals surface area contributed by atoms with Crippen LogP contribution in [0.1, 0.15) is 5.76 Å². The molecule has 0 aromatic carbocycles. The molecule has 1 aromatic rings. The van der Waals surface area contributed by atoms with Crippen LogP contribution in [0.15, 0.2) is 22.6 Å². The molecule has 0 radical (unpaired) electrons. The standard InChI is InChI=1S/C8H7IO3/c1-11-8(10)5-3-6-2-4-7(9)12-6/h2-5H,1H3/b5-3+. The van der Waals surface area contributed by atoms with E-state index in [4.69, 9.17) is 4.42 Å². The summed E-state index contributed by atoms with van der Waals surface area (Å²) in [6.45, 7) is 0. The van der Waals surface area contributed by atoms with Crippen LogP contribution in [0.5, 0.6) is 0 Å². The molecule has 3 nitrogen and oxygen atoms in total. The van der Waals surface area contributed by atoms with Crippen molar-refractivity contribution < 1.29 is 13.9 Å². The van der Waals surface area contributed by atoms with E-state index in [1.165, 1.54) is 13.2 Å². The first-order chi connectivity index (χ1) is 5.72. The van der Waals surface area contributed by atoms with Crippen LogP contribution in [-0.4, -0.2) is 13.1 Å². The first-order valence-corrected chi connectivity index (χ1v) is 4.31. The average molecular weight is 278 g/mol. The molecule has 0 saturated heterocycles. The summed E-state index contributed by atoms with van der Waals surface area (Å²) in [4.78, 5) is 10.6. The van der Waals surface area contributed by atoms with Gasteiger partial charge in [-0.2, -0.15) is 0 Å². The Balaban J connectivity index is 2.63. The van der Waals surface area contributed by atoms with Gasteiger partial charge in [0.2, 0.25) is 0 Å². The highest BCUT2D eigenvalue weighted by atomic mass is 127. The zero-order valence-electron chi connectivity index (χ0n) is 6.41. The van der Waals surface area contributed by atoms with Gasteiger partial charge in [0.1, 0.15) is 5.76 Å². The van der Waals surface area contributed by atoms with E-state index < -0.39 is 0 Å². The average Bonchev–Trinajstić information content (AvgIpc) is 2.47. The van der Waals surface area contributed by atoms with E-state index in [0.717, 1.165) is 3.77 Å². The fourth-order valence-corrected chi connectivity index (χ4v) is 1.07. The lowest BCUT2D eigenvalue weighted by molar-refractivity contribution is -0.134. The summed E-state index contributed by atoms with van der Waals surface area (Å²) >= 11 is 2.05. The number of furan rings is 1. The number of carbonyl (C=O) groups is 1. The molecular formula is C8H7IO3. The van der Waals surface area contributed by atoms with Gasteiger partial charge in [0.05, 0.1) is 7.11 Å². The quantitative estimate of drug-likeness (QED) is 0.472. The lowest BCUT2D eigenvalue weighted by Gasteiger charge is -1.87. The first kappa shape index (κ1) is 9.31. The van der Waals surface area contributed by atoms with E-state index in [1.54, 1.807) is 12.1 Å². The second-order valence-corrected chi connectivity index (χ2v) is 3.06. The van der Waals surface area contributed by atoms with Crippen LogP contribution in [0.2, 0.25) is 0 Å². The minimum atomic E-state index is -0.388. The maximum Gasteiger partial charge on any atom is 0.330 e. The van der Waals surface area contributed by atoms with Crippen molar-refractivity contribution in [2.75, 3.05) is 7.11 Å². The van der Waals surface area contributed by atoms with Gasteiger partial charge in [-0.05, 0) is 40.8 Å².